The molecule has 1 aromatic carbocycles. The summed E-state index contributed by atoms with van der Waals surface area (Å²) in [6.45, 7) is 3.50. The summed E-state index contributed by atoms with van der Waals surface area (Å²) >= 11 is 5.97. The minimum atomic E-state index is -0.211. The van der Waals surface area contributed by atoms with E-state index in [4.69, 9.17) is 23.1 Å². The number of carbonyl (C=O) groups excluding carboxylic acids is 1. The number of nitrogens with two attached hydrogens (primary N) is 2. The van der Waals surface area contributed by atoms with E-state index < -0.39 is 0 Å². The number of nitrogens with zero attached hydrogens (tertiary/aromatic N) is 2. The van der Waals surface area contributed by atoms with Crippen molar-refractivity contribution in [3.63, 3.8) is 0 Å². The Kier molecular flexibility index (Phi) is 5.32. The van der Waals surface area contributed by atoms with E-state index in [2.05, 4.69) is 15.5 Å². The van der Waals surface area contributed by atoms with Crippen molar-refractivity contribution in [2.24, 2.45) is 21.7 Å². The van der Waals surface area contributed by atoms with E-state index in [1.807, 2.05) is 6.92 Å². The molecular formula is C12H16ClN5O. The molecule has 0 aliphatic rings. The van der Waals surface area contributed by atoms with Gasteiger partial charge in [0.2, 0.25) is 11.9 Å². The summed E-state index contributed by atoms with van der Waals surface area (Å²) in [6.07, 6.45) is 0.0999. The van der Waals surface area contributed by atoms with Gasteiger partial charge in [-0.15, -0.1) is 5.10 Å². The fourth-order valence-electron chi connectivity index (χ4n) is 1.35. The van der Waals surface area contributed by atoms with Crippen LogP contribution in [0.3, 0.4) is 0 Å². The van der Waals surface area contributed by atoms with Crippen LogP contribution in [0.2, 0.25) is 5.02 Å². The van der Waals surface area contributed by atoms with Crippen LogP contribution in [0.15, 0.2) is 28.4 Å². The SMILES string of the molecule is C/C(CC(=O)Nc1cccc(Cl)c1C)=N/N=C(N)N. The van der Waals surface area contributed by atoms with Gasteiger partial charge in [-0.25, -0.2) is 0 Å². The lowest BCUT2D eigenvalue weighted by atomic mass is 10.2. The second-order valence-electron chi connectivity index (χ2n) is 4.00. The van der Waals surface area contributed by atoms with Gasteiger partial charge in [0.15, 0.2) is 0 Å². The normalized spacial score (nSPS) is 11.0. The molecule has 1 amide bonds. The van der Waals surface area contributed by atoms with E-state index in [0.717, 1.165) is 5.56 Å². The number of hydrogen-bond donors (Lipinski definition) is 3. The summed E-state index contributed by atoms with van der Waals surface area (Å²) in [7, 11) is 0. The highest BCUT2D eigenvalue weighted by Crippen LogP contribution is 2.22. The number of hydrogen-bond acceptors (Lipinski definition) is 3. The smallest absolute Gasteiger partial charge is 0.230 e. The van der Waals surface area contributed by atoms with Gasteiger partial charge in [-0.2, -0.15) is 5.10 Å². The van der Waals surface area contributed by atoms with Crippen molar-refractivity contribution in [1.29, 1.82) is 0 Å². The third kappa shape index (κ3) is 4.97. The van der Waals surface area contributed by atoms with Gasteiger partial charge in [-0.3, -0.25) is 4.79 Å². The van der Waals surface area contributed by atoms with E-state index in [9.17, 15) is 4.79 Å². The van der Waals surface area contributed by atoms with Crippen molar-refractivity contribution < 1.29 is 4.79 Å². The van der Waals surface area contributed by atoms with E-state index in [1.54, 1.807) is 25.1 Å². The van der Waals surface area contributed by atoms with Gasteiger partial charge in [0, 0.05) is 16.4 Å². The minimum Gasteiger partial charge on any atom is -0.369 e. The number of benzene rings is 1. The first kappa shape index (κ1) is 15.0. The Hall–Kier alpha value is -2.08. The average molecular weight is 282 g/mol. The summed E-state index contributed by atoms with van der Waals surface area (Å²) in [6, 6.07) is 5.31. The zero-order valence-corrected chi connectivity index (χ0v) is 11.5. The Balaban J connectivity index is 2.68. The van der Waals surface area contributed by atoms with Gasteiger partial charge in [0.25, 0.3) is 0 Å². The predicted molar refractivity (Wildman–Crippen MR) is 78.4 cm³/mol. The van der Waals surface area contributed by atoms with Crippen LogP contribution in [0.5, 0.6) is 0 Å². The van der Waals surface area contributed by atoms with Crippen LogP contribution in [0.1, 0.15) is 18.9 Å². The topological polar surface area (TPSA) is 106 Å². The Morgan fingerprint density at radius 2 is 2.05 bits per heavy atom. The fourth-order valence-corrected chi connectivity index (χ4v) is 1.52. The predicted octanol–water partition coefficient (Wildman–Crippen LogP) is 1.63. The lowest BCUT2D eigenvalue weighted by Crippen LogP contribution is -2.22. The molecule has 0 aliphatic heterocycles. The number of anilines is 1. The van der Waals surface area contributed by atoms with Crippen molar-refractivity contribution in [2.45, 2.75) is 20.3 Å². The molecule has 6 nitrogen and oxygen atoms in total. The number of rotatable bonds is 4. The monoisotopic (exact) mass is 281 g/mol. The standard InChI is InChI=1S/C12H16ClN5O/c1-7(17-18-12(14)15)6-11(19)16-10-5-3-4-9(13)8(10)2/h3-5H,6H2,1-2H3,(H,16,19)(H4,14,15,18)/b17-7-. The number of amides is 1. The Morgan fingerprint density at radius 1 is 1.37 bits per heavy atom. The van der Waals surface area contributed by atoms with Crippen LogP contribution >= 0.6 is 11.6 Å². The summed E-state index contributed by atoms with van der Waals surface area (Å²) in [5, 5.41) is 10.5. The van der Waals surface area contributed by atoms with E-state index in [-0.39, 0.29) is 18.3 Å². The first-order valence-corrected chi connectivity index (χ1v) is 5.95. The first-order valence-electron chi connectivity index (χ1n) is 5.57. The van der Waals surface area contributed by atoms with Gasteiger partial charge in [-0.1, -0.05) is 17.7 Å². The van der Waals surface area contributed by atoms with E-state index >= 15 is 0 Å². The molecule has 0 bridgehead atoms. The molecule has 0 aliphatic carbocycles. The van der Waals surface area contributed by atoms with Crippen molar-refractivity contribution in [3.05, 3.63) is 28.8 Å². The lowest BCUT2D eigenvalue weighted by Gasteiger charge is -2.09. The molecule has 0 heterocycles. The molecular weight excluding hydrogens is 266 g/mol. The average Bonchev–Trinajstić information content (AvgIpc) is 2.32. The number of nitrogens with one attached hydrogen (secondary N) is 1. The van der Waals surface area contributed by atoms with Crippen molar-refractivity contribution in [3.8, 4) is 0 Å². The highest BCUT2D eigenvalue weighted by Gasteiger charge is 2.07. The molecule has 0 aromatic heterocycles. The molecule has 7 heteroatoms. The number of carbonyl (C=O) groups is 1. The third-order valence-electron chi connectivity index (χ3n) is 2.29. The molecule has 19 heavy (non-hydrogen) atoms. The summed E-state index contributed by atoms with van der Waals surface area (Å²) < 4.78 is 0. The van der Waals surface area contributed by atoms with Crippen LogP contribution in [-0.2, 0) is 4.79 Å². The molecule has 0 saturated carbocycles. The summed E-state index contributed by atoms with van der Waals surface area (Å²) in [4.78, 5) is 11.8. The first-order chi connectivity index (χ1) is 8.90. The zero-order valence-electron chi connectivity index (χ0n) is 10.8. The second kappa shape index (κ2) is 6.75. The highest BCUT2D eigenvalue weighted by atomic mass is 35.5. The molecule has 1 rings (SSSR count). The Morgan fingerprint density at radius 3 is 2.68 bits per heavy atom. The molecule has 0 unspecified atom stereocenters. The zero-order chi connectivity index (χ0) is 14.4. The molecule has 0 fully saturated rings. The maximum absolute atomic E-state index is 11.8. The van der Waals surface area contributed by atoms with E-state index in [0.29, 0.717) is 16.4 Å². The Labute approximate surface area is 116 Å². The molecule has 102 valence electrons. The molecule has 0 spiro atoms. The van der Waals surface area contributed by atoms with Gasteiger partial charge in [0.05, 0.1) is 6.42 Å². The van der Waals surface area contributed by atoms with Crippen LogP contribution in [-0.4, -0.2) is 17.6 Å². The van der Waals surface area contributed by atoms with Crippen LogP contribution in [0, 0.1) is 6.92 Å². The molecule has 0 saturated heterocycles. The molecule has 0 radical (unpaired) electrons. The Bertz CT molecular complexity index is 535. The van der Waals surface area contributed by atoms with Gasteiger partial charge < -0.3 is 16.8 Å². The van der Waals surface area contributed by atoms with Gasteiger partial charge in [0.1, 0.15) is 0 Å². The van der Waals surface area contributed by atoms with E-state index in [1.165, 1.54) is 0 Å². The fraction of sp³-hybridized carbons (Fsp3) is 0.250. The molecule has 1 aromatic rings. The maximum Gasteiger partial charge on any atom is 0.230 e. The van der Waals surface area contributed by atoms with Gasteiger partial charge >= 0.3 is 0 Å². The number of guanidine groups is 1. The van der Waals surface area contributed by atoms with Crippen molar-refractivity contribution >= 4 is 34.9 Å². The third-order valence-corrected chi connectivity index (χ3v) is 2.70. The summed E-state index contributed by atoms with van der Waals surface area (Å²) in [5.41, 5.74) is 12.3. The van der Waals surface area contributed by atoms with Crippen LogP contribution < -0.4 is 16.8 Å². The highest BCUT2D eigenvalue weighted by molar-refractivity contribution is 6.31. The van der Waals surface area contributed by atoms with Gasteiger partial charge in [-0.05, 0) is 31.5 Å². The maximum atomic E-state index is 11.8. The quantitative estimate of drug-likeness (QED) is 0.443. The number of halogens is 1. The molecule has 5 N–H and O–H groups in total. The minimum absolute atomic E-state index is 0.0999. The molecule has 0 atom stereocenters. The van der Waals surface area contributed by atoms with Crippen molar-refractivity contribution in [1.82, 2.24) is 0 Å². The van der Waals surface area contributed by atoms with Crippen LogP contribution in [0.25, 0.3) is 0 Å². The second-order valence-corrected chi connectivity index (χ2v) is 4.40. The largest absolute Gasteiger partial charge is 0.369 e. The van der Waals surface area contributed by atoms with Crippen LogP contribution in [0.4, 0.5) is 5.69 Å². The summed E-state index contributed by atoms with van der Waals surface area (Å²) in [5.74, 6) is -0.358. The lowest BCUT2D eigenvalue weighted by molar-refractivity contribution is -0.115. The van der Waals surface area contributed by atoms with Crippen molar-refractivity contribution in [2.75, 3.05) is 5.32 Å².